The number of fused-ring (bicyclic) bond motifs is 2. The van der Waals surface area contributed by atoms with Crippen LogP contribution in [0.25, 0.3) is 0 Å². The molecule has 0 aromatic heterocycles. The third kappa shape index (κ3) is 1.47. The van der Waals surface area contributed by atoms with Crippen LogP contribution in [-0.4, -0.2) is 28.9 Å². The van der Waals surface area contributed by atoms with E-state index in [9.17, 15) is 0 Å². The van der Waals surface area contributed by atoms with Crippen molar-refractivity contribution in [3.63, 3.8) is 0 Å². The van der Waals surface area contributed by atoms with Gasteiger partial charge in [-0.3, -0.25) is 4.99 Å². The molecule has 0 aromatic carbocycles. The van der Waals surface area contributed by atoms with E-state index in [-0.39, 0.29) is 0 Å². The summed E-state index contributed by atoms with van der Waals surface area (Å²) < 4.78 is 4.73. The average Bonchev–Trinajstić information content (AvgIpc) is 3.03. The van der Waals surface area contributed by atoms with Crippen molar-refractivity contribution in [3.8, 4) is 0 Å². The van der Waals surface area contributed by atoms with E-state index in [0.29, 0.717) is 5.92 Å². The first-order valence-corrected chi connectivity index (χ1v) is 7.76. The summed E-state index contributed by atoms with van der Waals surface area (Å²) in [5, 5.41) is 1.17. The smallest absolute Gasteiger partial charge is 0.168 e. The van der Waals surface area contributed by atoms with Gasteiger partial charge in [0, 0.05) is 34.2 Å². The second kappa shape index (κ2) is 4.03. The Morgan fingerprint density at radius 2 is 2.39 bits per heavy atom. The molecule has 0 saturated heterocycles. The first-order valence-electron chi connectivity index (χ1n) is 6.17. The van der Waals surface area contributed by atoms with E-state index in [2.05, 4.69) is 35.0 Å². The van der Waals surface area contributed by atoms with Crippen molar-refractivity contribution in [2.45, 2.75) is 13.3 Å². The molecule has 0 saturated carbocycles. The zero-order valence-corrected chi connectivity index (χ0v) is 11.7. The minimum absolute atomic E-state index is 0.477. The zero-order valence-electron chi connectivity index (χ0n) is 10.1. The van der Waals surface area contributed by atoms with Gasteiger partial charge < -0.3 is 4.90 Å². The van der Waals surface area contributed by atoms with Crippen LogP contribution in [0.2, 0.25) is 0 Å². The van der Waals surface area contributed by atoms with Crippen molar-refractivity contribution >= 4 is 34.6 Å². The van der Waals surface area contributed by atoms with Crippen molar-refractivity contribution in [2.24, 2.45) is 15.3 Å². The summed E-state index contributed by atoms with van der Waals surface area (Å²) in [7, 11) is 0. The second-order valence-corrected chi connectivity index (χ2v) is 6.69. The first-order chi connectivity index (χ1) is 8.84. The molecule has 0 radical (unpaired) electrons. The molecule has 0 fully saturated rings. The maximum atomic E-state index is 4.73. The Morgan fingerprint density at radius 1 is 1.44 bits per heavy atom. The summed E-state index contributed by atoms with van der Waals surface area (Å²) in [6.07, 6.45) is 7.67. The molecule has 0 spiro atoms. The Bertz CT molecular complexity index is 569. The fourth-order valence-electron chi connectivity index (χ4n) is 2.74. The van der Waals surface area contributed by atoms with Gasteiger partial charge in [-0.15, -0.1) is 0 Å². The molecule has 5 heteroatoms. The average molecular weight is 275 g/mol. The lowest BCUT2D eigenvalue weighted by molar-refractivity contribution is 0.591. The number of aliphatic imine (C=N–C) groups is 1. The SMILES string of the molecule is CC1=C(C2=NSC3=CC=CCC32)N2CCN=C2S1. The molecule has 0 bridgehead atoms. The van der Waals surface area contributed by atoms with E-state index in [1.165, 1.54) is 26.4 Å². The third-order valence-corrected chi connectivity index (χ3v) is 5.53. The van der Waals surface area contributed by atoms with Gasteiger partial charge in [-0.1, -0.05) is 30.0 Å². The molecule has 0 aromatic rings. The fourth-order valence-corrected chi connectivity index (χ4v) is 4.67. The molecule has 3 heterocycles. The zero-order chi connectivity index (χ0) is 12.1. The van der Waals surface area contributed by atoms with Gasteiger partial charge in [0.1, 0.15) is 0 Å². The molecule has 18 heavy (non-hydrogen) atoms. The number of amidine groups is 1. The molecular formula is C13H13N3S2. The maximum absolute atomic E-state index is 4.73. The predicted octanol–water partition coefficient (Wildman–Crippen LogP) is 3.20. The van der Waals surface area contributed by atoms with Crippen molar-refractivity contribution in [2.75, 3.05) is 13.1 Å². The number of rotatable bonds is 1. The molecule has 0 N–H and O–H groups in total. The summed E-state index contributed by atoms with van der Waals surface area (Å²) in [5.74, 6) is 0.477. The molecule has 4 rings (SSSR count). The highest BCUT2D eigenvalue weighted by Gasteiger charge is 2.39. The molecular weight excluding hydrogens is 262 g/mol. The van der Waals surface area contributed by atoms with Crippen LogP contribution < -0.4 is 0 Å². The molecule has 1 atom stereocenters. The Hall–Kier alpha value is -0.940. The Kier molecular flexibility index (Phi) is 2.45. The van der Waals surface area contributed by atoms with Crippen LogP contribution in [-0.2, 0) is 0 Å². The molecule has 0 amide bonds. The Morgan fingerprint density at radius 3 is 3.33 bits per heavy atom. The number of allylic oxidation sites excluding steroid dienone is 6. The van der Waals surface area contributed by atoms with E-state index in [4.69, 9.17) is 4.40 Å². The van der Waals surface area contributed by atoms with Gasteiger partial charge in [0.15, 0.2) is 5.17 Å². The number of thioether (sulfide) groups is 1. The topological polar surface area (TPSA) is 28.0 Å². The number of hydrogen-bond acceptors (Lipinski definition) is 5. The molecule has 92 valence electrons. The molecule has 1 unspecified atom stereocenters. The minimum atomic E-state index is 0.477. The van der Waals surface area contributed by atoms with Crippen LogP contribution in [0.4, 0.5) is 0 Å². The maximum Gasteiger partial charge on any atom is 0.168 e. The van der Waals surface area contributed by atoms with Crippen LogP contribution >= 0.6 is 23.7 Å². The first kappa shape index (κ1) is 10.9. The van der Waals surface area contributed by atoms with Gasteiger partial charge in [0.05, 0.1) is 18.0 Å². The third-order valence-electron chi connectivity index (χ3n) is 3.58. The largest absolute Gasteiger partial charge is 0.317 e. The number of hydrogen-bond donors (Lipinski definition) is 0. The van der Waals surface area contributed by atoms with Crippen LogP contribution in [0.3, 0.4) is 0 Å². The minimum Gasteiger partial charge on any atom is -0.317 e. The monoisotopic (exact) mass is 275 g/mol. The van der Waals surface area contributed by atoms with Gasteiger partial charge in [-0.2, -0.15) is 0 Å². The van der Waals surface area contributed by atoms with Crippen molar-refractivity contribution in [1.29, 1.82) is 0 Å². The lowest BCUT2D eigenvalue weighted by Crippen LogP contribution is -2.28. The van der Waals surface area contributed by atoms with E-state index < -0.39 is 0 Å². The van der Waals surface area contributed by atoms with Crippen LogP contribution in [0.1, 0.15) is 13.3 Å². The number of nitrogens with zero attached hydrogens (tertiary/aromatic N) is 3. The van der Waals surface area contributed by atoms with Crippen LogP contribution in [0, 0.1) is 5.92 Å². The van der Waals surface area contributed by atoms with Crippen LogP contribution in [0.5, 0.6) is 0 Å². The molecule has 3 nitrogen and oxygen atoms in total. The molecule has 4 aliphatic rings. The van der Waals surface area contributed by atoms with E-state index in [1.807, 2.05) is 0 Å². The molecule has 3 aliphatic heterocycles. The Labute approximate surface area is 115 Å². The van der Waals surface area contributed by atoms with E-state index >= 15 is 0 Å². The highest BCUT2D eigenvalue weighted by Crippen LogP contribution is 2.45. The van der Waals surface area contributed by atoms with Gasteiger partial charge in [0.25, 0.3) is 0 Å². The normalized spacial score (nSPS) is 29.3. The lowest BCUT2D eigenvalue weighted by Gasteiger charge is -2.21. The quantitative estimate of drug-likeness (QED) is 0.688. The van der Waals surface area contributed by atoms with Crippen molar-refractivity contribution < 1.29 is 0 Å². The van der Waals surface area contributed by atoms with Crippen molar-refractivity contribution in [1.82, 2.24) is 4.90 Å². The fraction of sp³-hybridized carbons (Fsp3) is 0.385. The summed E-state index contributed by atoms with van der Waals surface area (Å²) in [6.45, 7) is 4.13. The summed E-state index contributed by atoms with van der Waals surface area (Å²) in [4.78, 5) is 9.64. The van der Waals surface area contributed by atoms with Gasteiger partial charge >= 0.3 is 0 Å². The highest BCUT2D eigenvalue weighted by atomic mass is 32.2. The predicted molar refractivity (Wildman–Crippen MR) is 79.7 cm³/mol. The standard InChI is InChI=1S/C13H13N3S2/c1-8-12(16-7-6-14-13(16)17-8)11-9-4-2-3-5-10(9)18-15-11/h2-3,5,9H,4,6-7H2,1H3. The Balaban J connectivity index is 1.72. The lowest BCUT2D eigenvalue weighted by atomic mass is 9.93. The van der Waals surface area contributed by atoms with Gasteiger partial charge in [-0.25, -0.2) is 4.40 Å². The summed E-state index contributed by atoms with van der Waals surface area (Å²) >= 11 is 3.44. The summed E-state index contributed by atoms with van der Waals surface area (Å²) in [5.41, 5.74) is 2.58. The van der Waals surface area contributed by atoms with Crippen molar-refractivity contribution in [3.05, 3.63) is 33.7 Å². The van der Waals surface area contributed by atoms with Gasteiger partial charge in [-0.05, 0) is 13.3 Å². The van der Waals surface area contributed by atoms with E-state index in [0.717, 1.165) is 19.5 Å². The highest BCUT2D eigenvalue weighted by molar-refractivity contribution is 8.17. The molecule has 1 aliphatic carbocycles. The van der Waals surface area contributed by atoms with Gasteiger partial charge in [0.2, 0.25) is 0 Å². The van der Waals surface area contributed by atoms with E-state index in [1.54, 1.807) is 23.7 Å². The summed E-state index contributed by atoms with van der Waals surface area (Å²) in [6, 6.07) is 0. The van der Waals surface area contributed by atoms with Crippen LogP contribution in [0.15, 0.2) is 43.1 Å². The second-order valence-electron chi connectivity index (χ2n) is 4.68.